The van der Waals surface area contributed by atoms with Gasteiger partial charge in [-0.2, -0.15) is 0 Å². The zero-order valence-corrected chi connectivity index (χ0v) is 12.2. The molecule has 2 aromatic rings. The van der Waals surface area contributed by atoms with Crippen LogP contribution in [0.3, 0.4) is 0 Å². The van der Waals surface area contributed by atoms with E-state index in [0.717, 1.165) is 22.0 Å². The summed E-state index contributed by atoms with van der Waals surface area (Å²) in [6.07, 6.45) is 0.810. The predicted octanol–water partition coefficient (Wildman–Crippen LogP) is 4.08. The van der Waals surface area contributed by atoms with Crippen LogP contribution in [0, 0.1) is 0 Å². The van der Waals surface area contributed by atoms with Gasteiger partial charge in [0.1, 0.15) is 0 Å². The van der Waals surface area contributed by atoms with Gasteiger partial charge in [0.15, 0.2) is 0 Å². The molecule has 100 valence electrons. The van der Waals surface area contributed by atoms with Crippen molar-refractivity contribution in [2.45, 2.75) is 12.5 Å². The van der Waals surface area contributed by atoms with Crippen LogP contribution in [0.15, 0.2) is 48.5 Å². The number of halogens is 2. The van der Waals surface area contributed by atoms with Gasteiger partial charge in [0.2, 0.25) is 0 Å². The fourth-order valence-corrected chi connectivity index (χ4v) is 2.38. The molecule has 0 aromatic heterocycles. The van der Waals surface area contributed by atoms with Crippen LogP contribution in [-0.2, 0) is 6.42 Å². The van der Waals surface area contributed by atoms with Crippen LogP contribution in [0.2, 0.25) is 10.0 Å². The number of rotatable bonds is 4. The fraction of sp³-hybridized carbons (Fsp3) is 0.200. The second-order valence-corrected chi connectivity index (χ2v) is 5.44. The zero-order valence-electron chi connectivity index (χ0n) is 10.7. The SMILES string of the molecule is CN(N)C(Cc1ccc(Cl)cc1)c1cccc(Cl)c1. The van der Waals surface area contributed by atoms with E-state index in [1.807, 2.05) is 55.6 Å². The lowest BCUT2D eigenvalue weighted by atomic mass is 9.98. The van der Waals surface area contributed by atoms with Gasteiger partial charge in [-0.3, -0.25) is 5.84 Å². The van der Waals surface area contributed by atoms with Crippen LogP contribution in [0.25, 0.3) is 0 Å². The Kier molecular flexibility index (Phi) is 4.83. The van der Waals surface area contributed by atoms with E-state index in [0.29, 0.717) is 0 Å². The first kappa shape index (κ1) is 14.4. The second kappa shape index (κ2) is 6.40. The lowest BCUT2D eigenvalue weighted by Crippen LogP contribution is -2.32. The molecule has 2 nitrogen and oxygen atoms in total. The minimum Gasteiger partial charge on any atom is -0.268 e. The summed E-state index contributed by atoms with van der Waals surface area (Å²) in [5, 5.41) is 3.17. The summed E-state index contributed by atoms with van der Waals surface area (Å²) in [6.45, 7) is 0. The molecule has 0 fully saturated rings. The molecule has 0 amide bonds. The van der Waals surface area contributed by atoms with Gasteiger partial charge in [-0.1, -0.05) is 47.5 Å². The number of nitrogens with zero attached hydrogens (tertiary/aromatic N) is 1. The van der Waals surface area contributed by atoms with Gasteiger partial charge in [-0.25, -0.2) is 5.01 Å². The van der Waals surface area contributed by atoms with Gasteiger partial charge < -0.3 is 0 Å². The van der Waals surface area contributed by atoms with Crippen LogP contribution in [0.1, 0.15) is 17.2 Å². The van der Waals surface area contributed by atoms with E-state index in [4.69, 9.17) is 29.0 Å². The summed E-state index contributed by atoms with van der Waals surface area (Å²) in [6, 6.07) is 15.7. The van der Waals surface area contributed by atoms with E-state index in [2.05, 4.69) is 0 Å². The quantitative estimate of drug-likeness (QED) is 0.680. The Morgan fingerprint density at radius 3 is 2.32 bits per heavy atom. The van der Waals surface area contributed by atoms with Gasteiger partial charge in [-0.05, 0) is 41.8 Å². The highest BCUT2D eigenvalue weighted by Crippen LogP contribution is 2.25. The molecular weight excluding hydrogens is 279 g/mol. The maximum atomic E-state index is 6.04. The minimum atomic E-state index is 0.0832. The van der Waals surface area contributed by atoms with Crippen LogP contribution >= 0.6 is 23.2 Å². The van der Waals surface area contributed by atoms with E-state index >= 15 is 0 Å². The zero-order chi connectivity index (χ0) is 13.8. The van der Waals surface area contributed by atoms with Crippen LogP contribution in [0.5, 0.6) is 0 Å². The normalized spacial score (nSPS) is 12.7. The van der Waals surface area contributed by atoms with Crippen molar-refractivity contribution in [3.05, 3.63) is 69.7 Å². The standard InChI is InChI=1S/C15H16Cl2N2/c1-19(18)15(12-3-2-4-14(17)10-12)9-11-5-7-13(16)8-6-11/h2-8,10,15H,9,18H2,1H3. The third-order valence-corrected chi connectivity index (χ3v) is 3.55. The molecule has 2 N–H and O–H groups in total. The average molecular weight is 295 g/mol. The molecule has 0 heterocycles. The number of hydrazine groups is 1. The predicted molar refractivity (Wildman–Crippen MR) is 81.3 cm³/mol. The molecule has 0 aliphatic rings. The van der Waals surface area contributed by atoms with Gasteiger partial charge in [-0.15, -0.1) is 0 Å². The Morgan fingerprint density at radius 1 is 1.05 bits per heavy atom. The second-order valence-electron chi connectivity index (χ2n) is 4.57. The fourth-order valence-electron chi connectivity index (χ4n) is 2.05. The van der Waals surface area contributed by atoms with Crippen LogP contribution in [0.4, 0.5) is 0 Å². The largest absolute Gasteiger partial charge is 0.268 e. The summed E-state index contributed by atoms with van der Waals surface area (Å²) >= 11 is 11.9. The summed E-state index contributed by atoms with van der Waals surface area (Å²) < 4.78 is 0. The molecule has 1 unspecified atom stereocenters. The molecule has 0 saturated carbocycles. The maximum Gasteiger partial charge on any atom is 0.0528 e. The summed E-state index contributed by atoms with van der Waals surface area (Å²) in [5.41, 5.74) is 2.29. The van der Waals surface area contributed by atoms with E-state index in [-0.39, 0.29) is 6.04 Å². The molecule has 0 aliphatic heterocycles. The third kappa shape index (κ3) is 3.95. The Balaban J connectivity index is 2.23. The summed E-state index contributed by atoms with van der Waals surface area (Å²) in [7, 11) is 1.86. The number of hydrogen-bond acceptors (Lipinski definition) is 2. The lowest BCUT2D eigenvalue weighted by molar-refractivity contribution is 0.250. The van der Waals surface area contributed by atoms with Crippen molar-refractivity contribution in [2.75, 3.05) is 7.05 Å². The van der Waals surface area contributed by atoms with E-state index in [1.54, 1.807) is 5.01 Å². The summed E-state index contributed by atoms with van der Waals surface area (Å²) in [4.78, 5) is 0. The Labute approximate surface area is 123 Å². The highest BCUT2D eigenvalue weighted by Gasteiger charge is 2.15. The lowest BCUT2D eigenvalue weighted by Gasteiger charge is -2.24. The molecule has 0 spiro atoms. The van der Waals surface area contributed by atoms with Crippen molar-refractivity contribution in [1.29, 1.82) is 0 Å². The van der Waals surface area contributed by atoms with Crippen molar-refractivity contribution in [1.82, 2.24) is 5.01 Å². The van der Waals surface area contributed by atoms with Gasteiger partial charge in [0.05, 0.1) is 6.04 Å². The number of nitrogens with two attached hydrogens (primary N) is 1. The van der Waals surface area contributed by atoms with Crippen molar-refractivity contribution in [3.63, 3.8) is 0 Å². The van der Waals surface area contributed by atoms with E-state index in [9.17, 15) is 0 Å². The van der Waals surface area contributed by atoms with E-state index in [1.165, 1.54) is 5.56 Å². The maximum absolute atomic E-state index is 6.04. The molecule has 0 bridgehead atoms. The first-order valence-corrected chi connectivity index (χ1v) is 6.79. The smallest absolute Gasteiger partial charge is 0.0528 e. The first-order chi connectivity index (χ1) is 9.06. The topological polar surface area (TPSA) is 29.3 Å². The Morgan fingerprint density at radius 2 is 1.74 bits per heavy atom. The molecule has 0 radical (unpaired) electrons. The Bertz CT molecular complexity index is 538. The number of hydrogen-bond donors (Lipinski definition) is 1. The van der Waals surface area contributed by atoms with E-state index < -0.39 is 0 Å². The third-order valence-electron chi connectivity index (χ3n) is 3.07. The monoisotopic (exact) mass is 294 g/mol. The highest BCUT2D eigenvalue weighted by molar-refractivity contribution is 6.30. The first-order valence-electron chi connectivity index (χ1n) is 6.03. The minimum absolute atomic E-state index is 0.0832. The van der Waals surface area contributed by atoms with Crippen molar-refractivity contribution in [3.8, 4) is 0 Å². The molecule has 1 atom stereocenters. The summed E-state index contributed by atoms with van der Waals surface area (Å²) in [5.74, 6) is 5.96. The molecule has 0 saturated heterocycles. The number of benzene rings is 2. The molecule has 2 aromatic carbocycles. The molecular formula is C15H16Cl2N2. The van der Waals surface area contributed by atoms with Crippen molar-refractivity contribution in [2.24, 2.45) is 5.84 Å². The van der Waals surface area contributed by atoms with Crippen molar-refractivity contribution < 1.29 is 0 Å². The van der Waals surface area contributed by atoms with Crippen molar-refractivity contribution >= 4 is 23.2 Å². The highest BCUT2D eigenvalue weighted by atomic mass is 35.5. The molecule has 4 heteroatoms. The molecule has 2 rings (SSSR count). The van der Waals surface area contributed by atoms with Gasteiger partial charge in [0, 0.05) is 17.1 Å². The van der Waals surface area contributed by atoms with Gasteiger partial charge >= 0.3 is 0 Å². The van der Waals surface area contributed by atoms with Gasteiger partial charge in [0.25, 0.3) is 0 Å². The average Bonchev–Trinajstić information content (AvgIpc) is 2.37. The van der Waals surface area contributed by atoms with Crippen LogP contribution < -0.4 is 5.84 Å². The van der Waals surface area contributed by atoms with Crippen LogP contribution in [-0.4, -0.2) is 12.1 Å². The molecule has 0 aliphatic carbocycles. The molecule has 19 heavy (non-hydrogen) atoms. The Hall–Kier alpha value is -1.06. The number of likely N-dealkylation sites (N-methyl/N-ethyl adjacent to an activating group) is 1.